The van der Waals surface area contributed by atoms with E-state index in [9.17, 15) is 18.0 Å². The molecule has 0 saturated heterocycles. The molecule has 10 heteroatoms. The molecule has 39 heavy (non-hydrogen) atoms. The number of nitrogens with zero attached hydrogens (tertiary/aromatic N) is 2. The maximum Gasteiger partial charge on any atom is 0.264 e. The van der Waals surface area contributed by atoms with Crippen LogP contribution in [0.4, 0.5) is 5.69 Å². The molecule has 0 saturated carbocycles. The highest BCUT2D eigenvalue weighted by atomic mass is 35.5. The van der Waals surface area contributed by atoms with Gasteiger partial charge in [0.1, 0.15) is 12.6 Å². The Morgan fingerprint density at radius 1 is 0.897 bits per heavy atom. The molecular formula is C29H33Cl2N3O4S. The first-order chi connectivity index (χ1) is 18.3. The summed E-state index contributed by atoms with van der Waals surface area (Å²) in [7, 11) is -4.14. The minimum Gasteiger partial charge on any atom is -0.352 e. The number of benzene rings is 3. The minimum absolute atomic E-state index is 0.0463. The normalized spacial score (nSPS) is 12.2. The van der Waals surface area contributed by atoms with Crippen molar-refractivity contribution >= 4 is 50.7 Å². The standard InChI is InChI=1S/C29H33Cl2N3O4S/c1-19(2)32-29(36)22(5)33(17-24-25(30)12-9-13-26(24)31)28(35)18-34(27-16-20(3)14-15-21(27)4)39(37,38)23-10-7-6-8-11-23/h6-16,19,22H,17-18H2,1-5H3,(H,32,36)/t22-/m0/s1. The Kier molecular flexibility index (Phi) is 10.0. The smallest absolute Gasteiger partial charge is 0.264 e. The highest BCUT2D eigenvalue weighted by molar-refractivity contribution is 7.92. The fourth-order valence-electron chi connectivity index (χ4n) is 4.06. The fraction of sp³-hybridized carbons (Fsp3) is 0.310. The lowest BCUT2D eigenvalue weighted by Crippen LogP contribution is -2.52. The van der Waals surface area contributed by atoms with Crippen molar-refractivity contribution in [1.82, 2.24) is 10.2 Å². The van der Waals surface area contributed by atoms with E-state index in [1.165, 1.54) is 17.0 Å². The molecule has 1 N–H and O–H groups in total. The van der Waals surface area contributed by atoms with E-state index >= 15 is 0 Å². The molecule has 0 heterocycles. The van der Waals surface area contributed by atoms with Crippen LogP contribution in [0.3, 0.4) is 0 Å². The Morgan fingerprint density at radius 2 is 1.51 bits per heavy atom. The van der Waals surface area contributed by atoms with Gasteiger partial charge in [0.05, 0.1) is 10.6 Å². The average molecular weight is 591 g/mol. The molecule has 0 aliphatic rings. The van der Waals surface area contributed by atoms with Crippen molar-refractivity contribution in [2.75, 3.05) is 10.8 Å². The van der Waals surface area contributed by atoms with Crippen molar-refractivity contribution in [1.29, 1.82) is 0 Å². The molecule has 0 unspecified atom stereocenters. The highest BCUT2D eigenvalue weighted by Crippen LogP contribution is 2.30. The fourth-order valence-corrected chi connectivity index (χ4v) is 6.07. The molecule has 0 bridgehead atoms. The van der Waals surface area contributed by atoms with Gasteiger partial charge in [-0.05, 0) is 76.1 Å². The van der Waals surface area contributed by atoms with E-state index in [1.807, 2.05) is 32.9 Å². The second-order valence-corrected chi connectivity index (χ2v) is 12.4. The third kappa shape index (κ3) is 7.32. The van der Waals surface area contributed by atoms with Gasteiger partial charge in [-0.3, -0.25) is 13.9 Å². The van der Waals surface area contributed by atoms with E-state index in [2.05, 4.69) is 5.32 Å². The summed E-state index contributed by atoms with van der Waals surface area (Å²) in [5, 5.41) is 3.49. The molecule has 1 atom stereocenters. The minimum atomic E-state index is -4.14. The van der Waals surface area contributed by atoms with Crippen LogP contribution in [0.5, 0.6) is 0 Å². The lowest BCUT2D eigenvalue weighted by Gasteiger charge is -2.33. The summed E-state index contributed by atoms with van der Waals surface area (Å²) < 4.78 is 28.9. The summed E-state index contributed by atoms with van der Waals surface area (Å²) in [5.41, 5.74) is 2.35. The Morgan fingerprint density at radius 3 is 2.10 bits per heavy atom. The molecule has 2 amide bonds. The van der Waals surface area contributed by atoms with Crippen LogP contribution in [-0.4, -0.2) is 43.8 Å². The number of hydrogen-bond acceptors (Lipinski definition) is 4. The van der Waals surface area contributed by atoms with Gasteiger partial charge in [-0.2, -0.15) is 0 Å². The molecule has 3 aromatic carbocycles. The number of aryl methyl sites for hydroxylation is 2. The summed E-state index contributed by atoms with van der Waals surface area (Å²) in [6.07, 6.45) is 0. The summed E-state index contributed by atoms with van der Waals surface area (Å²) in [5.74, 6) is -0.969. The van der Waals surface area contributed by atoms with Gasteiger partial charge in [-0.1, -0.05) is 59.6 Å². The van der Waals surface area contributed by atoms with Gasteiger partial charge in [-0.25, -0.2) is 8.42 Å². The molecule has 3 aromatic rings. The maximum atomic E-state index is 14.0. The second kappa shape index (κ2) is 12.9. The number of carbonyl (C=O) groups is 2. The van der Waals surface area contributed by atoms with Crippen molar-refractivity contribution in [3.8, 4) is 0 Å². The van der Waals surface area contributed by atoms with Crippen molar-refractivity contribution in [3.05, 3.63) is 93.5 Å². The number of hydrogen-bond donors (Lipinski definition) is 1. The molecule has 0 aromatic heterocycles. The maximum absolute atomic E-state index is 14.0. The van der Waals surface area contributed by atoms with Crippen LogP contribution >= 0.6 is 23.2 Å². The third-order valence-corrected chi connectivity index (χ3v) is 8.71. The third-order valence-electron chi connectivity index (χ3n) is 6.23. The monoisotopic (exact) mass is 589 g/mol. The first-order valence-corrected chi connectivity index (χ1v) is 14.7. The van der Waals surface area contributed by atoms with Gasteiger partial charge in [0, 0.05) is 28.2 Å². The molecule has 0 fully saturated rings. The van der Waals surface area contributed by atoms with Crippen molar-refractivity contribution in [2.45, 2.75) is 58.1 Å². The Labute approximate surface area is 240 Å². The van der Waals surface area contributed by atoms with Crippen LogP contribution in [0, 0.1) is 13.8 Å². The Balaban J connectivity index is 2.10. The van der Waals surface area contributed by atoms with Crippen molar-refractivity contribution in [3.63, 3.8) is 0 Å². The first-order valence-electron chi connectivity index (χ1n) is 12.5. The molecule has 3 rings (SSSR count). The van der Waals surface area contributed by atoms with E-state index in [0.29, 0.717) is 26.9 Å². The Hall–Kier alpha value is -3.07. The van der Waals surface area contributed by atoms with E-state index in [-0.39, 0.29) is 23.4 Å². The van der Waals surface area contributed by atoms with E-state index in [0.717, 1.165) is 9.87 Å². The molecular weight excluding hydrogens is 557 g/mol. The molecule has 0 aliphatic heterocycles. The number of anilines is 1. The molecule has 0 aliphatic carbocycles. The number of nitrogens with one attached hydrogen (secondary N) is 1. The van der Waals surface area contributed by atoms with Crippen LogP contribution < -0.4 is 9.62 Å². The van der Waals surface area contributed by atoms with Gasteiger partial charge < -0.3 is 10.2 Å². The van der Waals surface area contributed by atoms with E-state index in [4.69, 9.17) is 23.2 Å². The van der Waals surface area contributed by atoms with Crippen LogP contribution in [0.25, 0.3) is 0 Å². The van der Waals surface area contributed by atoms with Crippen LogP contribution in [0.1, 0.15) is 37.5 Å². The summed E-state index contributed by atoms with van der Waals surface area (Å²) in [4.78, 5) is 28.4. The van der Waals surface area contributed by atoms with Gasteiger partial charge in [-0.15, -0.1) is 0 Å². The zero-order valence-electron chi connectivity index (χ0n) is 22.6. The Bertz CT molecular complexity index is 1430. The number of halogens is 2. The van der Waals surface area contributed by atoms with Crippen LogP contribution in [0.15, 0.2) is 71.6 Å². The first kappa shape index (κ1) is 30.5. The van der Waals surface area contributed by atoms with Gasteiger partial charge in [0.2, 0.25) is 11.8 Å². The van der Waals surface area contributed by atoms with Gasteiger partial charge in [0.25, 0.3) is 10.0 Å². The topological polar surface area (TPSA) is 86.8 Å². The molecule has 208 valence electrons. The predicted molar refractivity (Wildman–Crippen MR) is 157 cm³/mol. The summed E-state index contributed by atoms with van der Waals surface area (Å²) >= 11 is 12.8. The number of rotatable bonds is 10. The molecule has 0 spiro atoms. The van der Waals surface area contributed by atoms with Crippen LogP contribution in [0.2, 0.25) is 10.0 Å². The number of amides is 2. The van der Waals surface area contributed by atoms with Gasteiger partial charge >= 0.3 is 0 Å². The predicted octanol–water partition coefficient (Wildman–Crippen LogP) is 5.75. The largest absolute Gasteiger partial charge is 0.352 e. The quantitative estimate of drug-likeness (QED) is 0.326. The summed E-state index contributed by atoms with van der Waals surface area (Å²) in [6.45, 7) is 8.23. The van der Waals surface area contributed by atoms with E-state index in [1.54, 1.807) is 56.3 Å². The lowest BCUT2D eigenvalue weighted by atomic mass is 10.1. The van der Waals surface area contributed by atoms with Crippen molar-refractivity contribution in [2.24, 2.45) is 0 Å². The molecule has 7 nitrogen and oxygen atoms in total. The number of carbonyl (C=O) groups excluding carboxylic acids is 2. The molecule has 0 radical (unpaired) electrons. The van der Waals surface area contributed by atoms with Crippen molar-refractivity contribution < 1.29 is 18.0 Å². The SMILES string of the molecule is Cc1ccc(C)c(N(CC(=O)N(Cc2c(Cl)cccc2Cl)[C@@H](C)C(=O)NC(C)C)S(=O)(=O)c2ccccc2)c1. The lowest BCUT2D eigenvalue weighted by molar-refractivity contribution is -0.139. The highest BCUT2D eigenvalue weighted by Gasteiger charge is 2.33. The number of sulfonamides is 1. The van der Waals surface area contributed by atoms with Gasteiger partial charge in [0.15, 0.2) is 0 Å². The average Bonchev–Trinajstić information content (AvgIpc) is 2.88. The van der Waals surface area contributed by atoms with Crippen LogP contribution in [-0.2, 0) is 26.2 Å². The second-order valence-electron chi connectivity index (χ2n) is 9.68. The zero-order chi connectivity index (χ0) is 28.9. The zero-order valence-corrected chi connectivity index (χ0v) is 24.9. The summed E-state index contributed by atoms with van der Waals surface area (Å²) in [6, 6.07) is 17.2. The van der Waals surface area contributed by atoms with E-state index < -0.39 is 28.5 Å².